The molecule has 0 bridgehead atoms. The van der Waals surface area contributed by atoms with E-state index in [1.54, 1.807) is 0 Å². The van der Waals surface area contributed by atoms with E-state index in [9.17, 15) is 0 Å². The Morgan fingerprint density at radius 1 is 0.920 bits per heavy atom. The van der Waals surface area contributed by atoms with E-state index in [2.05, 4.69) is 38.1 Å². The van der Waals surface area contributed by atoms with Crippen LogP contribution in [0.5, 0.6) is 0 Å². The van der Waals surface area contributed by atoms with Crippen molar-refractivity contribution in [3.63, 3.8) is 0 Å². The van der Waals surface area contributed by atoms with Crippen LogP contribution < -0.4 is 0 Å². The number of benzene rings is 2. The molecular formula is C24H33F. The van der Waals surface area contributed by atoms with Gasteiger partial charge in [-0.3, -0.25) is 0 Å². The number of aryl methyl sites for hydroxylation is 1. The minimum absolute atomic E-state index is 0.0385. The Kier molecular flexibility index (Phi) is 6.51. The van der Waals surface area contributed by atoms with Gasteiger partial charge in [0.2, 0.25) is 0 Å². The molecule has 1 fully saturated rings. The SMILES string of the molecule is CCCCCc1ccc2c(F)c(C3CCC(CCC)CC3)ccc2c1. The van der Waals surface area contributed by atoms with Crippen molar-refractivity contribution in [3.8, 4) is 0 Å². The number of rotatable bonds is 7. The summed E-state index contributed by atoms with van der Waals surface area (Å²) in [5.74, 6) is 1.33. The minimum atomic E-state index is 0.0385. The number of fused-ring (bicyclic) bond motifs is 1. The van der Waals surface area contributed by atoms with Crippen LogP contribution in [0.1, 0.15) is 88.7 Å². The van der Waals surface area contributed by atoms with E-state index in [-0.39, 0.29) is 5.82 Å². The van der Waals surface area contributed by atoms with Gasteiger partial charge < -0.3 is 0 Å². The highest BCUT2D eigenvalue weighted by Crippen LogP contribution is 2.39. The average Bonchev–Trinajstić information content (AvgIpc) is 2.63. The van der Waals surface area contributed by atoms with Crippen LogP contribution in [0.3, 0.4) is 0 Å². The smallest absolute Gasteiger partial charge is 0.134 e. The van der Waals surface area contributed by atoms with Gasteiger partial charge in [0.05, 0.1) is 0 Å². The third kappa shape index (κ3) is 4.43. The lowest BCUT2D eigenvalue weighted by Gasteiger charge is -2.29. The summed E-state index contributed by atoms with van der Waals surface area (Å²) >= 11 is 0. The summed E-state index contributed by atoms with van der Waals surface area (Å²) in [6.07, 6.45) is 12.3. The van der Waals surface area contributed by atoms with Crippen LogP contribution in [0, 0.1) is 11.7 Å². The Labute approximate surface area is 152 Å². The molecule has 1 saturated carbocycles. The molecule has 1 aliphatic carbocycles. The first-order chi connectivity index (χ1) is 12.2. The highest BCUT2D eigenvalue weighted by atomic mass is 19.1. The zero-order valence-electron chi connectivity index (χ0n) is 16.0. The molecule has 3 rings (SSSR count). The van der Waals surface area contributed by atoms with Gasteiger partial charge in [-0.15, -0.1) is 0 Å². The third-order valence-electron chi connectivity index (χ3n) is 6.10. The summed E-state index contributed by atoms with van der Waals surface area (Å²) in [5, 5.41) is 1.88. The van der Waals surface area contributed by atoms with Crippen LogP contribution in [-0.2, 0) is 6.42 Å². The lowest BCUT2D eigenvalue weighted by Crippen LogP contribution is -2.14. The van der Waals surface area contributed by atoms with Gasteiger partial charge in [0.1, 0.15) is 5.82 Å². The monoisotopic (exact) mass is 340 g/mol. The lowest BCUT2D eigenvalue weighted by molar-refractivity contribution is 0.305. The maximum atomic E-state index is 15.1. The number of halogens is 1. The van der Waals surface area contributed by atoms with E-state index in [1.807, 2.05) is 6.07 Å². The van der Waals surface area contributed by atoms with Gasteiger partial charge in [0.25, 0.3) is 0 Å². The number of hydrogen-bond donors (Lipinski definition) is 0. The molecular weight excluding hydrogens is 307 g/mol. The van der Waals surface area contributed by atoms with E-state index < -0.39 is 0 Å². The molecule has 0 N–H and O–H groups in total. The Morgan fingerprint density at radius 2 is 1.72 bits per heavy atom. The van der Waals surface area contributed by atoms with E-state index in [0.717, 1.165) is 41.5 Å². The molecule has 25 heavy (non-hydrogen) atoms. The van der Waals surface area contributed by atoms with Gasteiger partial charge in [-0.05, 0) is 66.9 Å². The van der Waals surface area contributed by atoms with Crippen molar-refractivity contribution in [2.45, 2.75) is 84.0 Å². The van der Waals surface area contributed by atoms with Crippen LogP contribution >= 0.6 is 0 Å². The summed E-state index contributed by atoms with van der Waals surface area (Å²) in [7, 11) is 0. The van der Waals surface area contributed by atoms with Crippen LogP contribution in [0.4, 0.5) is 4.39 Å². The van der Waals surface area contributed by atoms with E-state index in [1.165, 1.54) is 50.5 Å². The fraction of sp³-hybridized carbons (Fsp3) is 0.583. The quantitative estimate of drug-likeness (QED) is 0.451. The van der Waals surface area contributed by atoms with E-state index >= 15 is 4.39 Å². The maximum absolute atomic E-state index is 15.1. The minimum Gasteiger partial charge on any atom is -0.206 e. The third-order valence-corrected chi connectivity index (χ3v) is 6.10. The molecule has 2 aromatic rings. The second-order valence-electron chi connectivity index (χ2n) is 7.99. The zero-order valence-corrected chi connectivity index (χ0v) is 16.0. The fourth-order valence-corrected chi connectivity index (χ4v) is 4.58. The number of unbranched alkanes of at least 4 members (excludes halogenated alkanes) is 2. The molecule has 0 atom stereocenters. The Morgan fingerprint density at radius 3 is 2.44 bits per heavy atom. The molecule has 0 aliphatic heterocycles. The molecule has 0 spiro atoms. The summed E-state index contributed by atoms with van der Waals surface area (Å²) in [6, 6.07) is 10.5. The highest BCUT2D eigenvalue weighted by molar-refractivity contribution is 5.84. The van der Waals surface area contributed by atoms with Crippen molar-refractivity contribution in [2.75, 3.05) is 0 Å². The van der Waals surface area contributed by atoms with Crippen molar-refractivity contribution in [3.05, 3.63) is 47.3 Å². The Balaban J connectivity index is 1.75. The van der Waals surface area contributed by atoms with Crippen LogP contribution in [-0.4, -0.2) is 0 Å². The van der Waals surface area contributed by atoms with E-state index in [0.29, 0.717) is 5.92 Å². The molecule has 136 valence electrons. The first kappa shape index (κ1) is 18.4. The fourth-order valence-electron chi connectivity index (χ4n) is 4.58. The largest absolute Gasteiger partial charge is 0.206 e. The molecule has 0 nitrogen and oxygen atoms in total. The molecule has 2 aromatic carbocycles. The van der Waals surface area contributed by atoms with Crippen LogP contribution in [0.2, 0.25) is 0 Å². The van der Waals surface area contributed by atoms with Crippen molar-refractivity contribution in [2.24, 2.45) is 5.92 Å². The molecule has 0 amide bonds. The summed E-state index contributed by atoms with van der Waals surface area (Å²) < 4.78 is 15.1. The average molecular weight is 341 g/mol. The molecule has 0 unspecified atom stereocenters. The summed E-state index contributed by atoms with van der Waals surface area (Å²) in [6.45, 7) is 4.50. The summed E-state index contributed by atoms with van der Waals surface area (Å²) in [4.78, 5) is 0. The van der Waals surface area contributed by atoms with E-state index in [4.69, 9.17) is 0 Å². The van der Waals surface area contributed by atoms with Crippen molar-refractivity contribution < 1.29 is 4.39 Å². The van der Waals surface area contributed by atoms with Crippen molar-refractivity contribution >= 4 is 10.8 Å². The maximum Gasteiger partial charge on any atom is 0.134 e. The van der Waals surface area contributed by atoms with Gasteiger partial charge in [0, 0.05) is 5.39 Å². The van der Waals surface area contributed by atoms with Gasteiger partial charge in [-0.25, -0.2) is 4.39 Å². The predicted molar refractivity (Wildman–Crippen MR) is 107 cm³/mol. The normalized spacial score (nSPS) is 20.9. The molecule has 0 radical (unpaired) electrons. The Bertz CT molecular complexity index is 680. The van der Waals surface area contributed by atoms with Crippen LogP contribution in [0.15, 0.2) is 30.3 Å². The first-order valence-corrected chi connectivity index (χ1v) is 10.4. The Hall–Kier alpha value is -1.37. The second kappa shape index (κ2) is 8.83. The van der Waals surface area contributed by atoms with Gasteiger partial charge in [-0.1, -0.05) is 69.9 Å². The van der Waals surface area contributed by atoms with Crippen molar-refractivity contribution in [1.29, 1.82) is 0 Å². The molecule has 1 aliphatic rings. The number of hydrogen-bond acceptors (Lipinski definition) is 0. The van der Waals surface area contributed by atoms with Crippen LogP contribution in [0.25, 0.3) is 10.8 Å². The first-order valence-electron chi connectivity index (χ1n) is 10.4. The predicted octanol–water partition coefficient (Wildman–Crippen LogP) is 7.79. The van der Waals surface area contributed by atoms with Gasteiger partial charge >= 0.3 is 0 Å². The van der Waals surface area contributed by atoms with Crippen molar-refractivity contribution in [1.82, 2.24) is 0 Å². The van der Waals surface area contributed by atoms with Gasteiger partial charge in [0.15, 0.2) is 0 Å². The standard InChI is InChI=1S/C24H33F/c1-3-5-6-8-19-11-15-23-21(17-19)14-16-22(24(23)25)20-12-9-18(7-4-2)10-13-20/h11,14-18,20H,3-10,12-13H2,1-2H3. The molecule has 0 saturated heterocycles. The van der Waals surface area contributed by atoms with Gasteiger partial charge in [-0.2, -0.15) is 0 Å². The zero-order chi connectivity index (χ0) is 17.6. The topological polar surface area (TPSA) is 0 Å². The summed E-state index contributed by atoms with van der Waals surface area (Å²) in [5.41, 5.74) is 2.30. The lowest BCUT2D eigenvalue weighted by atomic mass is 9.77. The second-order valence-corrected chi connectivity index (χ2v) is 7.99. The molecule has 0 heterocycles. The molecule has 0 aromatic heterocycles. The molecule has 1 heteroatoms. The highest BCUT2D eigenvalue weighted by Gasteiger charge is 2.24.